The number of esters is 1. The third-order valence-corrected chi connectivity index (χ3v) is 1.64. The summed E-state index contributed by atoms with van der Waals surface area (Å²) in [6.07, 6.45) is 0.836. The molecule has 0 aliphatic heterocycles. The van der Waals surface area contributed by atoms with E-state index in [1.165, 1.54) is 0 Å². The van der Waals surface area contributed by atoms with Gasteiger partial charge in [-0.15, -0.1) is 0 Å². The summed E-state index contributed by atoms with van der Waals surface area (Å²) < 4.78 is 4.92. The Bertz CT molecular complexity index is 149. The average molecular weight is 173 g/mol. The van der Waals surface area contributed by atoms with Crippen LogP contribution in [0.4, 0.5) is 0 Å². The van der Waals surface area contributed by atoms with E-state index in [0.717, 1.165) is 6.42 Å². The van der Waals surface area contributed by atoms with Crippen LogP contribution in [-0.2, 0) is 9.53 Å². The van der Waals surface area contributed by atoms with Crippen molar-refractivity contribution in [2.45, 2.75) is 40.2 Å². The van der Waals surface area contributed by atoms with Crippen molar-refractivity contribution in [3.8, 4) is 0 Å². The van der Waals surface area contributed by atoms with Crippen LogP contribution in [0.15, 0.2) is 0 Å². The lowest BCUT2D eigenvalue weighted by molar-refractivity contribution is -0.147. The second kappa shape index (κ2) is 4.45. The van der Waals surface area contributed by atoms with Gasteiger partial charge in [0, 0.05) is 0 Å². The largest absolute Gasteiger partial charge is 0.465 e. The van der Waals surface area contributed by atoms with Gasteiger partial charge in [-0.05, 0) is 11.8 Å². The second-order valence-corrected chi connectivity index (χ2v) is 4.01. The lowest BCUT2D eigenvalue weighted by atomic mass is 9.87. The Kier molecular flexibility index (Phi) is 4.24. The first-order valence-corrected chi connectivity index (χ1v) is 4.31. The molecule has 12 heavy (non-hydrogen) atoms. The molecule has 0 aliphatic rings. The molecule has 0 radical (unpaired) electrons. The first-order chi connectivity index (χ1) is 5.39. The van der Waals surface area contributed by atoms with Gasteiger partial charge in [0.15, 0.2) is 0 Å². The molecule has 0 aliphatic carbocycles. The molecule has 0 heterocycles. The second-order valence-electron chi connectivity index (χ2n) is 4.01. The van der Waals surface area contributed by atoms with Gasteiger partial charge in [0.2, 0.25) is 0 Å². The molecule has 0 spiro atoms. The minimum Gasteiger partial charge on any atom is -0.465 e. The first-order valence-electron chi connectivity index (χ1n) is 4.31. The fourth-order valence-corrected chi connectivity index (χ4v) is 0.646. The maximum Gasteiger partial charge on any atom is 0.323 e. The maximum absolute atomic E-state index is 11.2. The fraction of sp³-hybridized carbons (Fsp3) is 0.889. The first kappa shape index (κ1) is 11.4. The van der Waals surface area contributed by atoms with Crippen LogP contribution in [0.5, 0.6) is 0 Å². The molecular weight excluding hydrogens is 154 g/mol. The minimum atomic E-state index is -0.524. The van der Waals surface area contributed by atoms with Crippen molar-refractivity contribution in [1.82, 2.24) is 0 Å². The van der Waals surface area contributed by atoms with Crippen LogP contribution in [0.2, 0.25) is 0 Å². The number of nitrogens with two attached hydrogens (primary N) is 1. The molecule has 3 heteroatoms. The molecular formula is C9H19NO2. The van der Waals surface area contributed by atoms with E-state index < -0.39 is 6.04 Å². The summed E-state index contributed by atoms with van der Waals surface area (Å²) in [7, 11) is 0. The zero-order chi connectivity index (χ0) is 9.78. The van der Waals surface area contributed by atoms with Gasteiger partial charge in [-0.2, -0.15) is 0 Å². The van der Waals surface area contributed by atoms with Crippen molar-refractivity contribution in [3.63, 3.8) is 0 Å². The van der Waals surface area contributed by atoms with Gasteiger partial charge < -0.3 is 10.5 Å². The van der Waals surface area contributed by atoms with Crippen LogP contribution < -0.4 is 5.73 Å². The van der Waals surface area contributed by atoms with Crippen molar-refractivity contribution in [2.24, 2.45) is 11.1 Å². The summed E-state index contributed by atoms with van der Waals surface area (Å²) in [5.74, 6) is -0.302. The summed E-state index contributed by atoms with van der Waals surface area (Å²) in [6, 6.07) is -0.524. The predicted octanol–water partition coefficient (Wildman–Crippen LogP) is 1.31. The van der Waals surface area contributed by atoms with Gasteiger partial charge in [-0.3, -0.25) is 4.79 Å². The van der Waals surface area contributed by atoms with Crippen LogP contribution in [0, 0.1) is 5.41 Å². The van der Waals surface area contributed by atoms with Crippen molar-refractivity contribution in [3.05, 3.63) is 0 Å². The predicted molar refractivity (Wildman–Crippen MR) is 48.7 cm³/mol. The highest BCUT2D eigenvalue weighted by molar-refractivity contribution is 5.76. The normalized spacial score (nSPS) is 14.1. The Morgan fingerprint density at radius 3 is 2.33 bits per heavy atom. The maximum atomic E-state index is 11.2. The Hall–Kier alpha value is -0.570. The third kappa shape index (κ3) is 3.72. The number of carbonyl (C=O) groups excluding carboxylic acids is 1. The summed E-state index contributed by atoms with van der Waals surface area (Å²) in [6.45, 7) is 8.18. The Labute approximate surface area is 74.3 Å². The third-order valence-electron chi connectivity index (χ3n) is 1.64. The lowest BCUT2D eigenvalue weighted by Gasteiger charge is -2.24. The van der Waals surface area contributed by atoms with Crippen LogP contribution in [-0.4, -0.2) is 18.6 Å². The van der Waals surface area contributed by atoms with Crippen molar-refractivity contribution in [1.29, 1.82) is 0 Å². The van der Waals surface area contributed by atoms with Gasteiger partial charge in [-0.25, -0.2) is 0 Å². The number of hydrogen-bond donors (Lipinski definition) is 1. The van der Waals surface area contributed by atoms with E-state index in [4.69, 9.17) is 10.5 Å². The van der Waals surface area contributed by atoms with Crippen molar-refractivity contribution < 1.29 is 9.53 Å². The zero-order valence-corrected chi connectivity index (χ0v) is 8.39. The Morgan fingerprint density at radius 2 is 2.00 bits per heavy atom. The average Bonchev–Trinajstić information content (AvgIpc) is 1.97. The minimum absolute atomic E-state index is 0.217. The molecule has 0 unspecified atom stereocenters. The standard InChI is InChI=1S/C9H19NO2/c1-5-6-12-8(11)7(10)9(2,3)4/h7H,5-6,10H2,1-4H3/t7-/m1/s1. The monoisotopic (exact) mass is 173 g/mol. The number of rotatable bonds is 3. The molecule has 0 aromatic rings. The van der Waals surface area contributed by atoms with Crippen LogP contribution in [0.1, 0.15) is 34.1 Å². The molecule has 0 aromatic heterocycles. The van der Waals surface area contributed by atoms with E-state index in [9.17, 15) is 4.79 Å². The van der Waals surface area contributed by atoms with E-state index in [1.807, 2.05) is 27.7 Å². The van der Waals surface area contributed by atoms with Gasteiger partial charge in [-0.1, -0.05) is 27.7 Å². The van der Waals surface area contributed by atoms with Crippen LogP contribution >= 0.6 is 0 Å². The highest BCUT2D eigenvalue weighted by Gasteiger charge is 2.28. The zero-order valence-electron chi connectivity index (χ0n) is 8.39. The molecule has 0 rings (SSSR count). The van der Waals surface area contributed by atoms with E-state index in [1.54, 1.807) is 0 Å². The molecule has 3 nitrogen and oxygen atoms in total. The van der Waals surface area contributed by atoms with E-state index in [0.29, 0.717) is 6.61 Å². The van der Waals surface area contributed by atoms with E-state index in [-0.39, 0.29) is 11.4 Å². The lowest BCUT2D eigenvalue weighted by Crippen LogP contribution is -2.43. The molecule has 0 amide bonds. The van der Waals surface area contributed by atoms with Crippen molar-refractivity contribution in [2.75, 3.05) is 6.61 Å². The van der Waals surface area contributed by atoms with E-state index in [2.05, 4.69) is 0 Å². The van der Waals surface area contributed by atoms with E-state index >= 15 is 0 Å². The number of hydrogen-bond acceptors (Lipinski definition) is 3. The Morgan fingerprint density at radius 1 is 1.50 bits per heavy atom. The summed E-state index contributed by atoms with van der Waals surface area (Å²) >= 11 is 0. The molecule has 0 saturated carbocycles. The highest BCUT2D eigenvalue weighted by Crippen LogP contribution is 2.18. The quantitative estimate of drug-likeness (QED) is 0.655. The SMILES string of the molecule is CCCOC(=O)[C@@H](N)C(C)(C)C. The Balaban J connectivity index is 3.94. The van der Waals surface area contributed by atoms with Gasteiger partial charge in [0.1, 0.15) is 6.04 Å². The highest BCUT2D eigenvalue weighted by atomic mass is 16.5. The molecule has 0 fully saturated rings. The molecule has 1 atom stereocenters. The molecule has 0 saturated heterocycles. The number of carbonyl (C=O) groups is 1. The van der Waals surface area contributed by atoms with Crippen molar-refractivity contribution >= 4 is 5.97 Å². The summed E-state index contributed by atoms with van der Waals surface area (Å²) in [4.78, 5) is 11.2. The van der Waals surface area contributed by atoms with Gasteiger partial charge in [0.05, 0.1) is 6.61 Å². The molecule has 0 bridgehead atoms. The smallest absolute Gasteiger partial charge is 0.323 e. The van der Waals surface area contributed by atoms with Gasteiger partial charge in [0.25, 0.3) is 0 Å². The fourth-order valence-electron chi connectivity index (χ4n) is 0.646. The van der Waals surface area contributed by atoms with Gasteiger partial charge >= 0.3 is 5.97 Å². The van der Waals surface area contributed by atoms with Crippen LogP contribution in [0.3, 0.4) is 0 Å². The summed E-state index contributed by atoms with van der Waals surface area (Å²) in [5.41, 5.74) is 5.44. The number of ether oxygens (including phenoxy) is 1. The molecule has 0 aromatic carbocycles. The topological polar surface area (TPSA) is 52.3 Å². The summed E-state index contributed by atoms with van der Waals surface area (Å²) in [5, 5.41) is 0. The molecule has 72 valence electrons. The van der Waals surface area contributed by atoms with Crippen LogP contribution in [0.25, 0.3) is 0 Å². The molecule has 2 N–H and O–H groups in total.